The summed E-state index contributed by atoms with van der Waals surface area (Å²) < 4.78 is 61.7. The lowest BCUT2D eigenvalue weighted by Crippen LogP contribution is -2.40. The third kappa shape index (κ3) is 5.19. The summed E-state index contributed by atoms with van der Waals surface area (Å²) in [6.45, 7) is 0. The van der Waals surface area contributed by atoms with Crippen LogP contribution in [-0.2, 0) is 19.6 Å². The van der Waals surface area contributed by atoms with Crippen LogP contribution in [0.1, 0.15) is 62.9 Å². The van der Waals surface area contributed by atoms with Crippen LogP contribution in [0.15, 0.2) is 36.4 Å². The van der Waals surface area contributed by atoms with Gasteiger partial charge in [0, 0.05) is 31.3 Å². The molecule has 198 valence electrons. The quantitative estimate of drug-likeness (QED) is 0.478. The average molecular weight is 533 g/mol. The van der Waals surface area contributed by atoms with E-state index >= 15 is 0 Å². The predicted molar refractivity (Wildman–Crippen MR) is 137 cm³/mol. The number of sulfonamides is 1. The fourth-order valence-corrected chi connectivity index (χ4v) is 6.18. The third-order valence-electron chi connectivity index (χ3n) is 7.29. The number of hydrogen-bond donors (Lipinski definition) is 1. The molecule has 2 fully saturated rings. The molecule has 0 unspecified atom stereocenters. The highest BCUT2D eigenvalue weighted by Crippen LogP contribution is 2.41. The minimum atomic E-state index is -3.48. The highest BCUT2D eigenvalue weighted by atomic mass is 32.2. The first-order valence-electron chi connectivity index (χ1n) is 12.4. The molecule has 3 aromatic rings. The van der Waals surface area contributed by atoms with E-state index in [-0.39, 0.29) is 23.7 Å². The summed E-state index contributed by atoms with van der Waals surface area (Å²) in [7, 11) is -1.76. The molecule has 11 heteroatoms. The first-order chi connectivity index (χ1) is 17.6. The van der Waals surface area contributed by atoms with Crippen molar-refractivity contribution in [2.75, 3.05) is 23.0 Å². The van der Waals surface area contributed by atoms with E-state index < -0.39 is 27.7 Å². The second kappa shape index (κ2) is 10.0. The van der Waals surface area contributed by atoms with Crippen molar-refractivity contribution in [2.45, 2.75) is 63.1 Å². The summed E-state index contributed by atoms with van der Waals surface area (Å²) in [5.74, 6) is -1.51. The number of fused-ring (bicyclic) bond motifs is 1. The monoisotopic (exact) mass is 532 g/mol. The molecule has 2 aromatic carbocycles. The summed E-state index contributed by atoms with van der Waals surface area (Å²) >= 11 is 0. The predicted octanol–water partition coefficient (Wildman–Crippen LogP) is 5.07. The van der Waals surface area contributed by atoms with Crippen molar-refractivity contribution in [3.8, 4) is 0 Å². The second-order valence-corrected chi connectivity index (χ2v) is 11.6. The van der Waals surface area contributed by atoms with Crippen LogP contribution >= 0.6 is 0 Å². The summed E-state index contributed by atoms with van der Waals surface area (Å²) in [6.07, 6.45) is 6.29. The fraction of sp³-hybridized carbons (Fsp3) is 0.462. The van der Waals surface area contributed by atoms with Crippen LogP contribution in [0.25, 0.3) is 11.0 Å². The van der Waals surface area contributed by atoms with Crippen molar-refractivity contribution in [1.29, 1.82) is 0 Å². The van der Waals surface area contributed by atoms with Gasteiger partial charge in [-0.3, -0.25) is 9.52 Å². The van der Waals surface area contributed by atoms with Gasteiger partial charge in [-0.1, -0.05) is 0 Å². The molecule has 1 saturated heterocycles. The van der Waals surface area contributed by atoms with E-state index in [0.717, 1.165) is 49.6 Å². The molecule has 2 aliphatic rings. The Balaban J connectivity index is 1.63. The van der Waals surface area contributed by atoms with Crippen LogP contribution in [0.2, 0.25) is 0 Å². The lowest BCUT2D eigenvalue weighted by molar-refractivity contribution is -0.120. The number of carbonyl (C=O) groups excluding carboxylic acids is 1. The van der Waals surface area contributed by atoms with Crippen LogP contribution in [-0.4, -0.2) is 43.3 Å². The normalized spacial score (nSPS) is 23.0. The number of piperidine rings is 1. The number of benzene rings is 2. The molecule has 1 aliphatic carbocycles. The van der Waals surface area contributed by atoms with Crippen molar-refractivity contribution in [3.05, 3.63) is 53.9 Å². The Morgan fingerprint density at radius 3 is 2.46 bits per heavy atom. The van der Waals surface area contributed by atoms with Gasteiger partial charge in [-0.05, 0) is 68.9 Å². The lowest BCUT2D eigenvalue weighted by Gasteiger charge is -2.37. The first kappa shape index (κ1) is 25.6. The van der Waals surface area contributed by atoms with Crippen LogP contribution in [0, 0.1) is 11.6 Å². The number of ether oxygens (including phenoxy) is 1. The highest BCUT2D eigenvalue weighted by molar-refractivity contribution is 7.92. The molecule has 2 heterocycles. The van der Waals surface area contributed by atoms with Gasteiger partial charge in [-0.2, -0.15) is 0 Å². The maximum absolute atomic E-state index is 14.2. The van der Waals surface area contributed by atoms with Gasteiger partial charge in [0.25, 0.3) is 0 Å². The number of anilines is 2. The van der Waals surface area contributed by atoms with Gasteiger partial charge >= 0.3 is 0 Å². The van der Waals surface area contributed by atoms with E-state index in [0.29, 0.717) is 36.3 Å². The van der Waals surface area contributed by atoms with Crippen molar-refractivity contribution < 1.29 is 26.7 Å². The van der Waals surface area contributed by atoms with Crippen LogP contribution in [0.5, 0.6) is 0 Å². The summed E-state index contributed by atoms with van der Waals surface area (Å²) in [5, 5.41) is 0. The standard InChI is InChI=1S/C26H30F2N4O4S/c1-36-19-10-7-17(8-11-19)32-23-13-6-16(30-37(2,34)35)14-22(23)29-26(32)24-4-3-5-25(33)31(24)18-9-12-20(27)21(28)15-18/h6,9,12-15,17,19,24,30H,3-5,7-8,10-11H2,1-2H3/t17-,19-,24-/m0/s1. The van der Waals surface area contributed by atoms with E-state index in [9.17, 15) is 22.0 Å². The lowest BCUT2D eigenvalue weighted by atomic mass is 9.92. The van der Waals surface area contributed by atoms with Crippen molar-refractivity contribution >= 4 is 38.3 Å². The number of hydrogen-bond acceptors (Lipinski definition) is 5. The summed E-state index contributed by atoms with van der Waals surface area (Å²) in [6, 6.07) is 8.34. The fourth-order valence-electron chi connectivity index (χ4n) is 5.63. The van der Waals surface area contributed by atoms with Gasteiger partial charge < -0.3 is 14.2 Å². The Bertz CT molecular complexity index is 1430. The number of nitrogens with zero attached hydrogens (tertiary/aromatic N) is 3. The number of imidazole rings is 1. The molecule has 37 heavy (non-hydrogen) atoms. The maximum Gasteiger partial charge on any atom is 0.229 e. The zero-order valence-electron chi connectivity index (χ0n) is 20.8. The first-order valence-corrected chi connectivity index (χ1v) is 14.3. The summed E-state index contributed by atoms with van der Waals surface area (Å²) in [4.78, 5) is 19.6. The number of rotatable bonds is 6. The van der Waals surface area contributed by atoms with Crippen molar-refractivity contribution in [3.63, 3.8) is 0 Å². The maximum atomic E-state index is 14.2. The average Bonchev–Trinajstić information content (AvgIpc) is 3.23. The minimum absolute atomic E-state index is 0.101. The molecule has 1 aromatic heterocycles. The van der Waals surface area contributed by atoms with Gasteiger partial charge in [0.1, 0.15) is 5.82 Å². The van der Waals surface area contributed by atoms with Gasteiger partial charge in [-0.15, -0.1) is 0 Å². The van der Waals surface area contributed by atoms with Crippen LogP contribution in [0.4, 0.5) is 20.2 Å². The number of nitrogens with one attached hydrogen (secondary N) is 1. The number of carbonyl (C=O) groups is 1. The Labute approximate surface area is 214 Å². The topological polar surface area (TPSA) is 93.5 Å². The molecule has 1 saturated carbocycles. The molecule has 1 atom stereocenters. The molecule has 1 N–H and O–H groups in total. The van der Waals surface area contributed by atoms with E-state index in [1.165, 1.54) is 11.0 Å². The highest BCUT2D eigenvalue weighted by Gasteiger charge is 2.36. The smallest absolute Gasteiger partial charge is 0.229 e. The third-order valence-corrected chi connectivity index (χ3v) is 7.90. The van der Waals surface area contributed by atoms with E-state index in [4.69, 9.17) is 9.72 Å². The molecular formula is C26H30F2N4O4S. The molecule has 8 nitrogen and oxygen atoms in total. The van der Waals surface area contributed by atoms with Crippen LogP contribution < -0.4 is 9.62 Å². The number of methoxy groups -OCH3 is 1. The van der Waals surface area contributed by atoms with Crippen molar-refractivity contribution in [1.82, 2.24) is 9.55 Å². The van der Waals surface area contributed by atoms with E-state index in [2.05, 4.69) is 9.29 Å². The minimum Gasteiger partial charge on any atom is -0.381 e. The molecule has 1 amide bonds. The molecule has 0 spiro atoms. The SMILES string of the molecule is CO[C@H]1CC[C@H](n2c([C@@H]3CCCC(=O)N3c3ccc(F)c(F)c3)nc3cc(NS(C)(=O)=O)ccc32)CC1. The molecular weight excluding hydrogens is 502 g/mol. The zero-order valence-corrected chi connectivity index (χ0v) is 21.6. The Kier molecular flexibility index (Phi) is 6.93. The number of halogens is 2. The zero-order chi connectivity index (χ0) is 26.3. The summed E-state index contributed by atoms with van der Waals surface area (Å²) in [5.41, 5.74) is 2.11. The Morgan fingerprint density at radius 2 is 1.78 bits per heavy atom. The molecule has 0 bridgehead atoms. The van der Waals surface area contributed by atoms with Gasteiger partial charge in [-0.25, -0.2) is 22.2 Å². The largest absolute Gasteiger partial charge is 0.381 e. The van der Waals surface area contributed by atoms with Gasteiger partial charge in [0.15, 0.2) is 11.6 Å². The van der Waals surface area contributed by atoms with Crippen LogP contribution in [0.3, 0.4) is 0 Å². The molecule has 1 aliphatic heterocycles. The molecule has 0 radical (unpaired) electrons. The Morgan fingerprint density at radius 1 is 1.03 bits per heavy atom. The number of amides is 1. The van der Waals surface area contributed by atoms with Crippen molar-refractivity contribution in [2.24, 2.45) is 0 Å². The molecule has 5 rings (SSSR count). The van der Waals surface area contributed by atoms with Gasteiger partial charge in [0.05, 0.1) is 35.1 Å². The number of aromatic nitrogens is 2. The second-order valence-electron chi connectivity index (χ2n) is 9.85. The Hall–Kier alpha value is -3.05. The van der Waals surface area contributed by atoms with E-state index in [1.807, 2.05) is 6.07 Å². The van der Waals surface area contributed by atoms with E-state index in [1.54, 1.807) is 19.2 Å². The van der Waals surface area contributed by atoms with Gasteiger partial charge in [0.2, 0.25) is 15.9 Å².